The summed E-state index contributed by atoms with van der Waals surface area (Å²) in [5.74, 6) is 0. The average Bonchev–Trinajstić information content (AvgIpc) is 2.19. The molecule has 0 atom stereocenters. The van der Waals surface area contributed by atoms with Crippen molar-refractivity contribution in [2.24, 2.45) is 0 Å². The van der Waals surface area contributed by atoms with Crippen LogP contribution in [0, 0.1) is 6.92 Å². The molecule has 0 aliphatic heterocycles. The molecule has 90 valence electrons. The minimum absolute atomic E-state index is 0.465. The van der Waals surface area contributed by atoms with Crippen LogP contribution in [0.25, 0.3) is 0 Å². The van der Waals surface area contributed by atoms with Gasteiger partial charge in [0.05, 0.1) is 6.26 Å². The summed E-state index contributed by atoms with van der Waals surface area (Å²) in [6.07, 6.45) is 2.09. The first kappa shape index (κ1) is 13.2. The fourth-order valence-electron chi connectivity index (χ4n) is 1.51. The summed E-state index contributed by atoms with van der Waals surface area (Å²) >= 11 is 0. The van der Waals surface area contributed by atoms with Gasteiger partial charge in [-0.3, -0.25) is 0 Å². The van der Waals surface area contributed by atoms with Gasteiger partial charge in [-0.05, 0) is 18.9 Å². The van der Waals surface area contributed by atoms with Gasteiger partial charge in [0.2, 0.25) is 10.0 Å². The molecule has 0 spiro atoms. The minimum Gasteiger partial charge on any atom is -0.212 e. The highest BCUT2D eigenvalue weighted by molar-refractivity contribution is 7.88. The van der Waals surface area contributed by atoms with Crippen molar-refractivity contribution in [3.63, 3.8) is 0 Å². The molecule has 0 saturated carbocycles. The van der Waals surface area contributed by atoms with Crippen molar-refractivity contribution in [3.8, 4) is 0 Å². The van der Waals surface area contributed by atoms with Crippen molar-refractivity contribution in [1.29, 1.82) is 0 Å². The number of nitrogens with zero attached hydrogens (tertiary/aromatic N) is 1. The molecule has 0 fully saturated rings. The van der Waals surface area contributed by atoms with Gasteiger partial charge in [0, 0.05) is 13.1 Å². The summed E-state index contributed by atoms with van der Waals surface area (Å²) in [6, 6.07) is 7.95. The van der Waals surface area contributed by atoms with E-state index in [0.29, 0.717) is 13.1 Å². The predicted octanol–water partition coefficient (Wildman–Crippen LogP) is 2.17. The fourth-order valence-corrected chi connectivity index (χ4v) is 2.41. The van der Waals surface area contributed by atoms with Crippen molar-refractivity contribution < 1.29 is 8.42 Å². The van der Waals surface area contributed by atoms with E-state index in [1.165, 1.54) is 16.1 Å². The van der Waals surface area contributed by atoms with Gasteiger partial charge >= 0.3 is 0 Å². The zero-order valence-corrected chi connectivity index (χ0v) is 10.9. The summed E-state index contributed by atoms with van der Waals surface area (Å²) in [7, 11) is -3.10. The Kier molecular flexibility index (Phi) is 4.50. The van der Waals surface area contributed by atoms with Gasteiger partial charge in [0.1, 0.15) is 0 Å². The van der Waals surface area contributed by atoms with E-state index in [2.05, 4.69) is 0 Å². The Labute approximate surface area is 98.1 Å². The fraction of sp³-hybridized carbons (Fsp3) is 0.500. The molecule has 0 saturated heterocycles. The molecule has 4 heteroatoms. The van der Waals surface area contributed by atoms with Crippen molar-refractivity contribution in [3.05, 3.63) is 35.4 Å². The topological polar surface area (TPSA) is 37.4 Å². The summed E-state index contributed by atoms with van der Waals surface area (Å²) in [5, 5.41) is 0. The van der Waals surface area contributed by atoms with E-state index in [-0.39, 0.29) is 0 Å². The van der Waals surface area contributed by atoms with E-state index in [1.54, 1.807) is 0 Å². The standard InChI is InChI=1S/C12H19NO2S/c1-4-9-13(16(3,14)15)10-12-7-5-11(2)6-8-12/h5-8H,4,9-10H2,1-3H3. The normalized spacial score (nSPS) is 12.0. The molecule has 0 unspecified atom stereocenters. The number of hydrogen-bond donors (Lipinski definition) is 0. The lowest BCUT2D eigenvalue weighted by Crippen LogP contribution is -2.30. The molecule has 0 aromatic heterocycles. The molecule has 16 heavy (non-hydrogen) atoms. The number of rotatable bonds is 5. The number of hydrogen-bond acceptors (Lipinski definition) is 2. The molecule has 0 bridgehead atoms. The zero-order chi connectivity index (χ0) is 12.2. The molecule has 0 radical (unpaired) electrons. The molecule has 1 aromatic carbocycles. The first-order chi connectivity index (χ1) is 7.43. The SMILES string of the molecule is CCCN(Cc1ccc(C)cc1)S(C)(=O)=O. The van der Waals surface area contributed by atoms with Crippen LogP contribution in [0.3, 0.4) is 0 Å². The molecule has 0 heterocycles. The van der Waals surface area contributed by atoms with Gasteiger partial charge in [-0.2, -0.15) is 4.31 Å². The number of aryl methyl sites for hydroxylation is 1. The van der Waals surface area contributed by atoms with Crippen LogP contribution in [0.2, 0.25) is 0 Å². The van der Waals surface area contributed by atoms with Gasteiger partial charge in [0.25, 0.3) is 0 Å². The highest BCUT2D eigenvalue weighted by atomic mass is 32.2. The third kappa shape index (κ3) is 3.94. The lowest BCUT2D eigenvalue weighted by Gasteiger charge is -2.19. The monoisotopic (exact) mass is 241 g/mol. The quantitative estimate of drug-likeness (QED) is 0.792. The van der Waals surface area contributed by atoms with Crippen molar-refractivity contribution in [2.75, 3.05) is 12.8 Å². The van der Waals surface area contributed by atoms with Crippen LogP contribution in [0.4, 0.5) is 0 Å². The smallest absolute Gasteiger partial charge is 0.211 e. The minimum atomic E-state index is -3.10. The highest BCUT2D eigenvalue weighted by Gasteiger charge is 2.15. The van der Waals surface area contributed by atoms with Crippen LogP contribution < -0.4 is 0 Å². The van der Waals surface area contributed by atoms with E-state index in [1.807, 2.05) is 38.1 Å². The Bertz CT molecular complexity index is 423. The van der Waals surface area contributed by atoms with Crippen molar-refractivity contribution in [1.82, 2.24) is 4.31 Å². The molecule has 0 amide bonds. The zero-order valence-electron chi connectivity index (χ0n) is 10.1. The maximum atomic E-state index is 11.5. The van der Waals surface area contributed by atoms with E-state index < -0.39 is 10.0 Å². The second-order valence-electron chi connectivity index (χ2n) is 4.08. The second kappa shape index (κ2) is 5.46. The average molecular weight is 241 g/mol. The second-order valence-corrected chi connectivity index (χ2v) is 6.06. The molecule has 0 N–H and O–H groups in total. The van der Waals surface area contributed by atoms with Gasteiger partial charge in [-0.25, -0.2) is 8.42 Å². The Balaban J connectivity index is 2.80. The third-order valence-electron chi connectivity index (χ3n) is 2.42. The Hall–Kier alpha value is -0.870. The highest BCUT2D eigenvalue weighted by Crippen LogP contribution is 2.10. The van der Waals surface area contributed by atoms with Gasteiger partial charge in [0.15, 0.2) is 0 Å². The van der Waals surface area contributed by atoms with E-state index in [9.17, 15) is 8.42 Å². The lowest BCUT2D eigenvalue weighted by atomic mass is 10.1. The molecular weight excluding hydrogens is 222 g/mol. The lowest BCUT2D eigenvalue weighted by molar-refractivity contribution is 0.409. The van der Waals surface area contributed by atoms with E-state index in [0.717, 1.165) is 12.0 Å². The van der Waals surface area contributed by atoms with Crippen LogP contribution in [0.1, 0.15) is 24.5 Å². The summed E-state index contributed by atoms with van der Waals surface area (Å²) in [5.41, 5.74) is 2.22. The number of benzene rings is 1. The number of sulfonamides is 1. The summed E-state index contributed by atoms with van der Waals surface area (Å²) < 4.78 is 24.5. The maximum absolute atomic E-state index is 11.5. The van der Waals surface area contributed by atoms with E-state index >= 15 is 0 Å². The Morgan fingerprint density at radius 2 is 1.75 bits per heavy atom. The molecule has 1 rings (SSSR count). The van der Waals surface area contributed by atoms with Crippen LogP contribution in [0.15, 0.2) is 24.3 Å². The molecule has 1 aromatic rings. The van der Waals surface area contributed by atoms with Crippen LogP contribution >= 0.6 is 0 Å². The molecule has 0 aliphatic rings. The maximum Gasteiger partial charge on any atom is 0.211 e. The summed E-state index contributed by atoms with van der Waals surface area (Å²) in [4.78, 5) is 0. The molecule has 3 nitrogen and oxygen atoms in total. The largest absolute Gasteiger partial charge is 0.212 e. The van der Waals surface area contributed by atoms with Gasteiger partial charge in [-0.1, -0.05) is 36.8 Å². The Morgan fingerprint density at radius 3 is 2.19 bits per heavy atom. The van der Waals surface area contributed by atoms with Gasteiger partial charge < -0.3 is 0 Å². The first-order valence-electron chi connectivity index (χ1n) is 5.44. The van der Waals surface area contributed by atoms with Crippen molar-refractivity contribution in [2.45, 2.75) is 26.8 Å². The van der Waals surface area contributed by atoms with Crippen LogP contribution in [-0.4, -0.2) is 25.5 Å². The van der Waals surface area contributed by atoms with Crippen LogP contribution in [0.5, 0.6) is 0 Å². The van der Waals surface area contributed by atoms with E-state index in [4.69, 9.17) is 0 Å². The first-order valence-corrected chi connectivity index (χ1v) is 7.29. The van der Waals surface area contributed by atoms with Crippen molar-refractivity contribution >= 4 is 10.0 Å². The predicted molar refractivity (Wildman–Crippen MR) is 66.7 cm³/mol. The summed E-state index contributed by atoms with van der Waals surface area (Å²) in [6.45, 7) is 5.04. The van der Waals surface area contributed by atoms with Gasteiger partial charge in [-0.15, -0.1) is 0 Å². The molecular formula is C12H19NO2S. The Morgan fingerprint density at radius 1 is 1.19 bits per heavy atom. The third-order valence-corrected chi connectivity index (χ3v) is 3.67. The van der Waals surface area contributed by atoms with Crippen LogP contribution in [-0.2, 0) is 16.6 Å². The molecule has 0 aliphatic carbocycles.